The Morgan fingerprint density at radius 1 is 1.24 bits per heavy atom. The first-order valence-corrected chi connectivity index (χ1v) is 6.41. The third kappa shape index (κ3) is 1.86. The molecule has 0 saturated carbocycles. The van der Waals surface area contributed by atoms with Gasteiger partial charge in [0.1, 0.15) is 0 Å². The lowest BCUT2D eigenvalue weighted by Crippen LogP contribution is -2.52. The fourth-order valence-electron chi connectivity index (χ4n) is 3.14. The summed E-state index contributed by atoms with van der Waals surface area (Å²) >= 11 is 0. The zero-order valence-electron chi connectivity index (χ0n) is 11.3. The van der Waals surface area contributed by atoms with E-state index in [9.17, 15) is 19.2 Å². The molecule has 112 valence electrons. The summed E-state index contributed by atoms with van der Waals surface area (Å²) in [6.45, 7) is 2.30. The van der Waals surface area contributed by atoms with Crippen molar-refractivity contribution in [2.24, 2.45) is 11.8 Å². The lowest BCUT2D eigenvalue weighted by Gasteiger charge is -2.34. The molecule has 0 aliphatic carbocycles. The molecule has 4 atom stereocenters. The number of carbonyl (C=O) groups is 4. The Morgan fingerprint density at radius 3 is 2.43 bits per heavy atom. The highest BCUT2D eigenvalue weighted by atomic mass is 16.7. The van der Waals surface area contributed by atoms with E-state index in [1.165, 1.54) is 6.08 Å². The summed E-state index contributed by atoms with van der Waals surface area (Å²) in [5, 5.41) is 2.23. The highest BCUT2D eigenvalue weighted by molar-refractivity contribution is 6.07. The van der Waals surface area contributed by atoms with Crippen molar-refractivity contribution in [1.82, 2.24) is 5.32 Å². The van der Waals surface area contributed by atoms with Crippen molar-refractivity contribution in [1.29, 1.82) is 0 Å². The van der Waals surface area contributed by atoms with Crippen LogP contribution in [0, 0.1) is 11.8 Å². The van der Waals surface area contributed by atoms with Crippen LogP contribution in [-0.2, 0) is 33.4 Å². The predicted molar refractivity (Wildman–Crippen MR) is 64.2 cm³/mol. The fraction of sp³-hybridized carbons (Fsp3) is 0.538. The first kappa shape index (κ1) is 13.7. The van der Waals surface area contributed by atoms with E-state index in [4.69, 9.17) is 14.2 Å². The third-order valence-corrected chi connectivity index (χ3v) is 3.83. The van der Waals surface area contributed by atoms with Crippen LogP contribution in [0.4, 0.5) is 0 Å². The maximum Gasteiger partial charge on any atom is 0.305 e. The Hall–Kier alpha value is -2.22. The number of esters is 2. The van der Waals surface area contributed by atoms with E-state index < -0.39 is 53.6 Å². The molecule has 2 amide bonds. The van der Waals surface area contributed by atoms with Gasteiger partial charge in [-0.05, 0) is 6.08 Å². The molecule has 3 rings (SSSR count). The van der Waals surface area contributed by atoms with E-state index in [2.05, 4.69) is 5.32 Å². The molecule has 2 saturated heterocycles. The van der Waals surface area contributed by atoms with Crippen molar-refractivity contribution in [3.05, 3.63) is 12.2 Å². The number of amides is 2. The molecule has 0 aromatic rings. The molecule has 8 heteroatoms. The second kappa shape index (κ2) is 4.39. The van der Waals surface area contributed by atoms with Gasteiger partial charge in [0.15, 0.2) is 5.60 Å². The summed E-state index contributed by atoms with van der Waals surface area (Å²) in [4.78, 5) is 46.3. The number of fused-ring (bicyclic) bond motifs is 5. The minimum atomic E-state index is -1.46. The van der Waals surface area contributed by atoms with Gasteiger partial charge in [-0.2, -0.15) is 0 Å². The van der Waals surface area contributed by atoms with Gasteiger partial charge in [-0.25, -0.2) is 0 Å². The monoisotopic (exact) mass is 295 g/mol. The normalized spacial score (nSPS) is 35.9. The van der Waals surface area contributed by atoms with E-state index in [-0.39, 0.29) is 0 Å². The molecular formula is C13H13NO7. The van der Waals surface area contributed by atoms with Crippen LogP contribution in [-0.4, -0.2) is 41.7 Å². The number of nitrogens with one attached hydrogen (secondary N) is 1. The predicted octanol–water partition coefficient (Wildman–Crippen LogP) is -0.965. The average molecular weight is 295 g/mol. The van der Waals surface area contributed by atoms with E-state index >= 15 is 0 Å². The molecule has 0 radical (unpaired) electrons. The van der Waals surface area contributed by atoms with Crippen molar-refractivity contribution < 1.29 is 33.4 Å². The topological polar surface area (TPSA) is 108 Å². The second-order valence-corrected chi connectivity index (χ2v) is 5.20. The van der Waals surface area contributed by atoms with Crippen molar-refractivity contribution in [3.8, 4) is 0 Å². The van der Waals surface area contributed by atoms with Crippen LogP contribution in [0.1, 0.15) is 13.8 Å². The van der Waals surface area contributed by atoms with E-state index in [0.29, 0.717) is 0 Å². The molecule has 0 aromatic heterocycles. The standard InChI is InChI=1S/C13H13NO7/c1-5(15)19-12(20-6(2)16)13-4-3-7(21-13)8-9(13)11(18)14-10(8)17/h3-4,7-9,12H,1-2H3,(H,14,17,18)/t7-,8+,9-,13+/m0/s1. The zero-order valence-corrected chi connectivity index (χ0v) is 11.3. The molecular weight excluding hydrogens is 282 g/mol. The lowest BCUT2D eigenvalue weighted by molar-refractivity contribution is -0.226. The quantitative estimate of drug-likeness (QED) is 0.309. The average Bonchev–Trinajstić information content (AvgIpc) is 3.00. The molecule has 2 bridgehead atoms. The van der Waals surface area contributed by atoms with Crippen LogP contribution in [0.2, 0.25) is 0 Å². The van der Waals surface area contributed by atoms with Gasteiger partial charge in [-0.1, -0.05) is 6.08 Å². The van der Waals surface area contributed by atoms with Crippen molar-refractivity contribution >= 4 is 23.8 Å². The first-order chi connectivity index (χ1) is 9.85. The van der Waals surface area contributed by atoms with E-state index in [1.54, 1.807) is 6.08 Å². The van der Waals surface area contributed by atoms with Crippen molar-refractivity contribution in [2.45, 2.75) is 31.8 Å². The first-order valence-electron chi connectivity index (χ1n) is 6.41. The summed E-state index contributed by atoms with van der Waals surface area (Å²) < 4.78 is 15.7. The van der Waals surface area contributed by atoms with Gasteiger partial charge in [0.2, 0.25) is 11.8 Å². The lowest BCUT2D eigenvalue weighted by atomic mass is 9.76. The Labute approximate surface area is 119 Å². The number of hydrogen-bond acceptors (Lipinski definition) is 7. The smallest absolute Gasteiger partial charge is 0.305 e. The van der Waals surface area contributed by atoms with Crippen molar-refractivity contribution in [3.63, 3.8) is 0 Å². The second-order valence-electron chi connectivity index (χ2n) is 5.20. The summed E-state index contributed by atoms with van der Waals surface area (Å²) in [5.41, 5.74) is -1.46. The Balaban J connectivity index is 1.99. The van der Waals surface area contributed by atoms with Gasteiger partial charge in [-0.15, -0.1) is 0 Å². The van der Waals surface area contributed by atoms with Gasteiger partial charge in [0.25, 0.3) is 6.29 Å². The van der Waals surface area contributed by atoms with Crippen LogP contribution in [0.3, 0.4) is 0 Å². The third-order valence-electron chi connectivity index (χ3n) is 3.83. The molecule has 3 aliphatic heterocycles. The SMILES string of the molecule is CC(=O)OC(OC(C)=O)[C@]12C=C[C@H](O1)[C@H]1C(=O)NC(=O)[C@H]12. The molecule has 2 fully saturated rings. The maximum absolute atomic E-state index is 12.0. The van der Waals surface area contributed by atoms with E-state index in [0.717, 1.165) is 13.8 Å². The van der Waals surface area contributed by atoms with Gasteiger partial charge in [-0.3, -0.25) is 24.5 Å². The molecule has 8 nitrogen and oxygen atoms in total. The van der Waals surface area contributed by atoms with Crippen LogP contribution in [0.5, 0.6) is 0 Å². The number of ether oxygens (including phenoxy) is 3. The minimum absolute atomic E-state index is 0.439. The molecule has 1 N–H and O–H groups in total. The van der Waals surface area contributed by atoms with E-state index in [1.807, 2.05) is 0 Å². The number of carbonyl (C=O) groups excluding carboxylic acids is 4. The van der Waals surface area contributed by atoms with Crippen LogP contribution >= 0.6 is 0 Å². The molecule has 3 heterocycles. The number of hydrogen-bond donors (Lipinski definition) is 1. The van der Waals surface area contributed by atoms with Gasteiger partial charge in [0, 0.05) is 13.8 Å². The van der Waals surface area contributed by atoms with Crippen LogP contribution in [0.25, 0.3) is 0 Å². The van der Waals surface area contributed by atoms with Crippen LogP contribution < -0.4 is 5.32 Å². The Morgan fingerprint density at radius 2 is 1.86 bits per heavy atom. The molecule has 0 spiro atoms. The highest BCUT2D eigenvalue weighted by Gasteiger charge is 2.70. The zero-order chi connectivity index (χ0) is 15.4. The molecule has 0 aromatic carbocycles. The van der Waals surface area contributed by atoms with Gasteiger partial charge >= 0.3 is 11.9 Å². The molecule has 21 heavy (non-hydrogen) atoms. The largest absolute Gasteiger partial charge is 0.422 e. The van der Waals surface area contributed by atoms with Crippen LogP contribution in [0.15, 0.2) is 12.2 Å². The summed E-state index contributed by atoms with van der Waals surface area (Å²) in [6, 6.07) is 0. The van der Waals surface area contributed by atoms with Gasteiger partial charge in [0.05, 0.1) is 17.9 Å². The van der Waals surface area contributed by atoms with Gasteiger partial charge < -0.3 is 14.2 Å². The highest BCUT2D eigenvalue weighted by Crippen LogP contribution is 2.52. The Bertz CT molecular complexity index is 567. The maximum atomic E-state index is 12.0. The molecule has 0 unspecified atom stereocenters. The summed E-state index contributed by atoms with van der Waals surface area (Å²) in [7, 11) is 0. The van der Waals surface area contributed by atoms with Crippen molar-refractivity contribution in [2.75, 3.05) is 0 Å². The number of imide groups is 1. The summed E-state index contributed by atoms with van der Waals surface area (Å²) in [5.74, 6) is -3.93. The fourth-order valence-corrected chi connectivity index (χ4v) is 3.14. The summed E-state index contributed by atoms with van der Waals surface area (Å²) in [6.07, 6.45) is 1.11. The molecule has 3 aliphatic rings. The minimum Gasteiger partial charge on any atom is -0.422 e. The Kier molecular flexibility index (Phi) is 2.87. The number of rotatable bonds is 3.